The average Bonchev–Trinajstić information content (AvgIpc) is 2.38. The monoisotopic (exact) mass is 281 g/mol. The van der Waals surface area contributed by atoms with Gasteiger partial charge in [-0.25, -0.2) is 0 Å². The molecule has 1 amide bonds. The van der Waals surface area contributed by atoms with Gasteiger partial charge in [0.1, 0.15) is 11.5 Å². The third-order valence-corrected chi connectivity index (χ3v) is 3.51. The Labute approximate surface area is 117 Å². The second kappa shape index (κ2) is 5.68. The lowest BCUT2D eigenvalue weighted by atomic mass is 9.93. The van der Waals surface area contributed by atoms with E-state index < -0.39 is 11.5 Å². The summed E-state index contributed by atoms with van der Waals surface area (Å²) < 4.78 is 5.19. The molecule has 6 heteroatoms. The van der Waals surface area contributed by atoms with Crippen molar-refractivity contribution in [3.05, 3.63) is 23.8 Å². The van der Waals surface area contributed by atoms with E-state index in [0.29, 0.717) is 26.1 Å². The predicted molar refractivity (Wildman–Crippen MR) is 71.7 cm³/mol. The van der Waals surface area contributed by atoms with E-state index in [0.717, 1.165) is 6.07 Å². The molecule has 0 spiro atoms. The van der Waals surface area contributed by atoms with Crippen molar-refractivity contribution in [3.63, 3.8) is 0 Å². The maximum atomic E-state index is 12.2. The summed E-state index contributed by atoms with van der Waals surface area (Å²) in [5, 5.41) is 29.3. The van der Waals surface area contributed by atoms with Gasteiger partial charge in [0.2, 0.25) is 0 Å². The summed E-state index contributed by atoms with van der Waals surface area (Å²) in [7, 11) is 1.57. The molecule has 1 aliphatic heterocycles. The molecule has 1 aromatic rings. The zero-order valence-electron chi connectivity index (χ0n) is 11.4. The number of carbonyl (C=O) groups excluding carboxylic acids is 1. The van der Waals surface area contributed by atoms with Gasteiger partial charge >= 0.3 is 0 Å². The summed E-state index contributed by atoms with van der Waals surface area (Å²) in [6.07, 6.45) is 0.957. The molecule has 0 unspecified atom stereocenters. The van der Waals surface area contributed by atoms with Crippen molar-refractivity contribution in [2.45, 2.75) is 18.4 Å². The van der Waals surface area contributed by atoms with Crippen LogP contribution in [0.4, 0.5) is 0 Å². The quantitative estimate of drug-likeness (QED) is 0.759. The molecule has 20 heavy (non-hydrogen) atoms. The topological polar surface area (TPSA) is 90.2 Å². The summed E-state index contributed by atoms with van der Waals surface area (Å²) in [6.45, 7) is 1.13. The largest absolute Gasteiger partial charge is 0.508 e. The Morgan fingerprint density at radius 1 is 1.35 bits per heavy atom. The van der Waals surface area contributed by atoms with Gasteiger partial charge < -0.3 is 25.0 Å². The molecular formula is C14H19NO5. The highest BCUT2D eigenvalue weighted by atomic mass is 16.5. The summed E-state index contributed by atoms with van der Waals surface area (Å²) in [5.41, 5.74) is -0.851. The molecule has 0 saturated carbocycles. The minimum Gasteiger partial charge on any atom is -0.508 e. The SMILES string of the molecule is CN(CC1(O)CCOCC1)C(=O)c1ccc(O)cc1O. The van der Waals surface area contributed by atoms with Crippen LogP contribution in [0.3, 0.4) is 0 Å². The highest BCUT2D eigenvalue weighted by Gasteiger charge is 2.33. The number of benzene rings is 1. The van der Waals surface area contributed by atoms with Crippen LogP contribution in [0.25, 0.3) is 0 Å². The van der Waals surface area contributed by atoms with E-state index in [1.165, 1.54) is 17.0 Å². The van der Waals surface area contributed by atoms with Crippen LogP contribution < -0.4 is 0 Å². The Bertz CT molecular complexity index is 496. The molecule has 110 valence electrons. The number of hydrogen-bond acceptors (Lipinski definition) is 5. The molecule has 6 nitrogen and oxygen atoms in total. The molecule has 1 heterocycles. The van der Waals surface area contributed by atoms with Crippen molar-refractivity contribution in [1.82, 2.24) is 4.90 Å². The van der Waals surface area contributed by atoms with Gasteiger partial charge in [0.05, 0.1) is 11.2 Å². The van der Waals surface area contributed by atoms with Crippen molar-refractivity contribution < 1.29 is 24.9 Å². The Balaban J connectivity index is 2.08. The number of nitrogens with zero attached hydrogens (tertiary/aromatic N) is 1. The fraction of sp³-hybridized carbons (Fsp3) is 0.500. The van der Waals surface area contributed by atoms with E-state index in [2.05, 4.69) is 0 Å². The Kier molecular flexibility index (Phi) is 4.15. The van der Waals surface area contributed by atoms with Crippen LogP contribution in [0.15, 0.2) is 18.2 Å². The number of aromatic hydroxyl groups is 2. The van der Waals surface area contributed by atoms with E-state index in [-0.39, 0.29) is 23.6 Å². The molecule has 2 rings (SSSR count). The van der Waals surface area contributed by atoms with E-state index >= 15 is 0 Å². The molecule has 0 bridgehead atoms. The first-order valence-electron chi connectivity index (χ1n) is 6.49. The first kappa shape index (κ1) is 14.6. The smallest absolute Gasteiger partial charge is 0.257 e. The number of carbonyl (C=O) groups is 1. The molecule has 0 atom stereocenters. The van der Waals surface area contributed by atoms with Crippen molar-refractivity contribution in [3.8, 4) is 11.5 Å². The number of aliphatic hydroxyl groups is 1. The molecule has 1 aliphatic rings. The molecule has 0 aliphatic carbocycles. The maximum absolute atomic E-state index is 12.2. The highest BCUT2D eigenvalue weighted by molar-refractivity contribution is 5.96. The maximum Gasteiger partial charge on any atom is 0.257 e. The molecule has 1 saturated heterocycles. The van der Waals surface area contributed by atoms with Crippen LogP contribution >= 0.6 is 0 Å². The van der Waals surface area contributed by atoms with E-state index in [1.54, 1.807) is 7.05 Å². The van der Waals surface area contributed by atoms with Crippen LogP contribution in [0, 0.1) is 0 Å². The number of ether oxygens (including phenoxy) is 1. The summed E-state index contributed by atoms with van der Waals surface area (Å²) in [4.78, 5) is 13.6. The number of hydrogen-bond donors (Lipinski definition) is 3. The number of amides is 1. The van der Waals surface area contributed by atoms with Gasteiger partial charge in [-0.3, -0.25) is 4.79 Å². The van der Waals surface area contributed by atoms with Gasteiger partial charge in [-0.05, 0) is 12.1 Å². The molecule has 1 fully saturated rings. The van der Waals surface area contributed by atoms with Crippen LogP contribution in [-0.2, 0) is 4.74 Å². The van der Waals surface area contributed by atoms with Gasteiger partial charge in [0.15, 0.2) is 0 Å². The minimum atomic E-state index is -0.949. The fourth-order valence-electron chi connectivity index (χ4n) is 2.33. The van der Waals surface area contributed by atoms with Crippen molar-refractivity contribution in [2.75, 3.05) is 26.8 Å². The van der Waals surface area contributed by atoms with Crippen LogP contribution in [0.5, 0.6) is 11.5 Å². The first-order valence-corrected chi connectivity index (χ1v) is 6.49. The molecule has 1 aromatic carbocycles. The number of likely N-dealkylation sites (N-methyl/N-ethyl adjacent to an activating group) is 1. The fourth-order valence-corrected chi connectivity index (χ4v) is 2.33. The average molecular weight is 281 g/mol. The minimum absolute atomic E-state index is 0.0981. The van der Waals surface area contributed by atoms with Gasteiger partial charge in [-0.1, -0.05) is 0 Å². The lowest BCUT2D eigenvalue weighted by Gasteiger charge is -2.35. The van der Waals surface area contributed by atoms with Crippen LogP contribution in [0.2, 0.25) is 0 Å². The Hall–Kier alpha value is -1.79. The lowest BCUT2D eigenvalue weighted by Crippen LogP contribution is -2.47. The normalized spacial score (nSPS) is 17.7. The van der Waals surface area contributed by atoms with Crippen LogP contribution in [0.1, 0.15) is 23.2 Å². The second-order valence-corrected chi connectivity index (χ2v) is 5.20. The van der Waals surface area contributed by atoms with Crippen molar-refractivity contribution in [2.24, 2.45) is 0 Å². The lowest BCUT2D eigenvalue weighted by molar-refractivity contribution is -0.0734. The zero-order valence-corrected chi connectivity index (χ0v) is 11.4. The number of phenolic OH excluding ortho intramolecular Hbond substituents is 2. The number of phenols is 2. The van der Waals surface area contributed by atoms with Gasteiger partial charge in [0.25, 0.3) is 5.91 Å². The first-order chi connectivity index (χ1) is 9.41. The summed E-state index contributed by atoms with van der Waals surface area (Å²) >= 11 is 0. The van der Waals surface area contributed by atoms with E-state index in [1.807, 2.05) is 0 Å². The summed E-state index contributed by atoms with van der Waals surface area (Å²) in [6, 6.07) is 3.81. The standard InChI is InChI=1S/C14H19NO5/c1-15(9-14(19)4-6-20-7-5-14)13(18)11-3-2-10(16)8-12(11)17/h2-3,8,16-17,19H,4-7,9H2,1H3. The zero-order chi connectivity index (χ0) is 14.8. The molecular weight excluding hydrogens is 262 g/mol. The molecule has 0 radical (unpaired) electrons. The highest BCUT2D eigenvalue weighted by Crippen LogP contribution is 2.26. The van der Waals surface area contributed by atoms with Crippen LogP contribution in [-0.4, -0.2) is 58.5 Å². The van der Waals surface area contributed by atoms with Crippen molar-refractivity contribution >= 4 is 5.91 Å². The summed E-state index contributed by atoms with van der Waals surface area (Å²) in [5.74, 6) is -0.784. The predicted octanol–water partition coefficient (Wildman–Crippen LogP) is 0.711. The Morgan fingerprint density at radius 3 is 2.60 bits per heavy atom. The van der Waals surface area contributed by atoms with E-state index in [9.17, 15) is 20.1 Å². The second-order valence-electron chi connectivity index (χ2n) is 5.20. The third-order valence-electron chi connectivity index (χ3n) is 3.51. The van der Waals surface area contributed by atoms with Gasteiger partial charge in [-0.2, -0.15) is 0 Å². The third kappa shape index (κ3) is 3.20. The van der Waals surface area contributed by atoms with Gasteiger partial charge in [-0.15, -0.1) is 0 Å². The number of rotatable bonds is 3. The Morgan fingerprint density at radius 2 is 2.00 bits per heavy atom. The van der Waals surface area contributed by atoms with E-state index in [4.69, 9.17) is 4.74 Å². The van der Waals surface area contributed by atoms with Crippen molar-refractivity contribution in [1.29, 1.82) is 0 Å². The van der Waals surface area contributed by atoms with Gasteiger partial charge in [0, 0.05) is 45.7 Å². The molecule has 0 aromatic heterocycles. The molecule has 3 N–H and O–H groups in total.